The molecule has 0 radical (unpaired) electrons. The molecular weight excluding hydrogens is 354 g/mol. The quantitative estimate of drug-likeness (QED) is 0.678. The van der Waals surface area contributed by atoms with Gasteiger partial charge in [0, 0.05) is 55.8 Å². The summed E-state index contributed by atoms with van der Waals surface area (Å²) in [5.41, 5.74) is 1.53. The first-order chi connectivity index (χ1) is 13.6. The lowest BCUT2D eigenvalue weighted by Gasteiger charge is -2.32. The molecule has 0 N–H and O–H groups in total. The van der Waals surface area contributed by atoms with E-state index in [-0.39, 0.29) is 17.7 Å². The molecule has 1 fully saturated rings. The van der Waals surface area contributed by atoms with E-state index in [4.69, 9.17) is 4.52 Å². The van der Waals surface area contributed by atoms with E-state index in [2.05, 4.69) is 25.8 Å². The second kappa shape index (κ2) is 7.96. The molecule has 0 aromatic carbocycles. The van der Waals surface area contributed by atoms with Gasteiger partial charge in [-0.1, -0.05) is 25.1 Å². The zero-order valence-electron chi connectivity index (χ0n) is 16.3. The van der Waals surface area contributed by atoms with Crippen LogP contribution in [0.25, 0.3) is 0 Å². The molecule has 0 aliphatic carbocycles. The molecule has 0 spiro atoms. The minimum Gasteiger partial charge on any atom is -0.360 e. The first kappa shape index (κ1) is 18.4. The molecular formula is C21H25N5O2. The van der Waals surface area contributed by atoms with Crippen LogP contribution in [-0.4, -0.2) is 43.6 Å². The Kier molecular flexibility index (Phi) is 5.23. The summed E-state index contributed by atoms with van der Waals surface area (Å²) < 4.78 is 7.46. The number of hydrogen-bond donors (Lipinski definition) is 0. The van der Waals surface area contributed by atoms with E-state index in [1.54, 1.807) is 12.3 Å². The number of hydrogen-bond acceptors (Lipinski definition) is 5. The average molecular weight is 379 g/mol. The number of imidazole rings is 1. The third kappa shape index (κ3) is 3.83. The number of aromatic nitrogens is 4. The zero-order chi connectivity index (χ0) is 19.5. The van der Waals surface area contributed by atoms with Gasteiger partial charge in [-0.05, 0) is 24.5 Å². The van der Waals surface area contributed by atoms with Crippen molar-refractivity contribution < 1.29 is 9.32 Å². The number of piperidine rings is 1. The maximum absolute atomic E-state index is 12.9. The number of nitrogens with zero attached hydrogens (tertiary/aromatic N) is 5. The number of carbonyl (C=O) groups is 1. The molecule has 1 aliphatic heterocycles. The van der Waals surface area contributed by atoms with Crippen molar-refractivity contribution in [1.82, 2.24) is 24.6 Å². The molecule has 1 saturated heterocycles. The van der Waals surface area contributed by atoms with Crippen LogP contribution >= 0.6 is 0 Å². The van der Waals surface area contributed by atoms with Crippen molar-refractivity contribution in [2.75, 3.05) is 13.1 Å². The largest absolute Gasteiger partial charge is 0.360 e. The number of carbonyl (C=O) groups excluding carboxylic acids is 1. The molecule has 3 aromatic rings. The van der Waals surface area contributed by atoms with Crippen molar-refractivity contribution in [3.63, 3.8) is 0 Å². The van der Waals surface area contributed by atoms with Gasteiger partial charge in [0.15, 0.2) is 5.69 Å². The lowest BCUT2D eigenvalue weighted by Crippen LogP contribution is -2.40. The summed E-state index contributed by atoms with van der Waals surface area (Å²) >= 11 is 0. The molecule has 4 heterocycles. The Morgan fingerprint density at radius 3 is 3.00 bits per heavy atom. The third-order valence-corrected chi connectivity index (χ3v) is 5.21. The number of pyridine rings is 1. The predicted molar refractivity (Wildman–Crippen MR) is 104 cm³/mol. The highest BCUT2D eigenvalue weighted by molar-refractivity contribution is 5.92. The fourth-order valence-electron chi connectivity index (χ4n) is 3.70. The van der Waals surface area contributed by atoms with E-state index in [1.165, 1.54) is 0 Å². The molecule has 3 aromatic heterocycles. The Hall–Kier alpha value is -2.96. The molecule has 4 rings (SSSR count). The Labute approximate surface area is 164 Å². The topological polar surface area (TPSA) is 77.1 Å². The van der Waals surface area contributed by atoms with Gasteiger partial charge in [0.2, 0.25) is 0 Å². The van der Waals surface area contributed by atoms with Crippen molar-refractivity contribution in [2.45, 2.75) is 45.1 Å². The van der Waals surface area contributed by atoms with E-state index in [0.717, 1.165) is 43.1 Å². The predicted octanol–water partition coefficient (Wildman–Crippen LogP) is 3.46. The van der Waals surface area contributed by atoms with E-state index in [1.807, 2.05) is 43.4 Å². The van der Waals surface area contributed by atoms with Crippen LogP contribution < -0.4 is 0 Å². The lowest BCUT2D eigenvalue weighted by molar-refractivity contribution is 0.0692. The van der Waals surface area contributed by atoms with Crippen molar-refractivity contribution in [1.29, 1.82) is 0 Å². The minimum atomic E-state index is -0.0642. The molecule has 28 heavy (non-hydrogen) atoms. The van der Waals surface area contributed by atoms with Crippen molar-refractivity contribution in [3.8, 4) is 0 Å². The first-order valence-corrected chi connectivity index (χ1v) is 9.77. The molecule has 0 saturated carbocycles. The highest BCUT2D eigenvalue weighted by atomic mass is 16.5. The fourth-order valence-corrected chi connectivity index (χ4v) is 3.70. The van der Waals surface area contributed by atoms with Crippen LogP contribution in [0.4, 0.5) is 0 Å². The van der Waals surface area contributed by atoms with Crippen LogP contribution in [0.1, 0.15) is 66.2 Å². The smallest absolute Gasteiger partial charge is 0.276 e. The molecule has 0 unspecified atom stereocenters. The SMILES string of the molecule is CC(C)c1cc(C(=O)N2CCC[C@@H](c3nccn3Cc3cccnc3)C2)no1. The van der Waals surface area contributed by atoms with Crippen LogP contribution in [0.15, 0.2) is 47.5 Å². The van der Waals surface area contributed by atoms with Crippen LogP contribution in [0.2, 0.25) is 0 Å². The van der Waals surface area contributed by atoms with Crippen LogP contribution in [-0.2, 0) is 6.54 Å². The molecule has 7 nitrogen and oxygen atoms in total. The minimum absolute atomic E-state index is 0.0642. The molecule has 146 valence electrons. The zero-order valence-corrected chi connectivity index (χ0v) is 16.3. The first-order valence-electron chi connectivity index (χ1n) is 9.77. The Morgan fingerprint density at radius 2 is 2.25 bits per heavy atom. The monoisotopic (exact) mass is 379 g/mol. The van der Waals surface area contributed by atoms with Gasteiger partial charge in [0.05, 0.1) is 6.54 Å². The molecule has 0 bridgehead atoms. The Morgan fingerprint density at radius 1 is 1.36 bits per heavy atom. The van der Waals surface area contributed by atoms with Gasteiger partial charge in [0.1, 0.15) is 11.6 Å². The van der Waals surface area contributed by atoms with Gasteiger partial charge >= 0.3 is 0 Å². The van der Waals surface area contributed by atoms with Gasteiger partial charge < -0.3 is 14.0 Å². The summed E-state index contributed by atoms with van der Waals surface area (Å²) in [5, 5.41) is 3.98. The lowest BCUT2D eigenvalue weighted by atomic mass is 9.96. The van der Waals surface area contributed by atoms with Crippen molar-refractivity contribution in [2.24, 2.45) is 0 Å². The molecule has 1 atom stereocenters. The average Bonchev–Trinajstić information content (AvgIpc) is 3.38. The summed E-state index contributed by atoms with van der Waals surface area (Å²) in [6.07, 6.45) is 9.44. The van der Waals surface area contributed by atoms with Gasteiger partial charge in [-0.2, -0.15) is 0 Å². The van der Waals surface area contributed by atoms with Crippen molar-refractivity contribution in [3.05, 3.63) is 65.8 Å². The van der Waals surface area contributed by atoms with E-state index >= 15 is 0 Å². The van der Waals surface area contributed by atoms with Gasteiger partial charge in [-0.3, -0.25) is 9.78 Å². The number of rotatable bonds is 5. The summed E-state index contributed by atoms with van der Waals surface area (Å²) in [7, 11) is 0. The molecule has 7 heteroatoms. The second-order valence-electron chi connectivity index (χ2n) is 7.63. The highest BCUT2D eigenvalue weighted by Crippen LogP contribution is 2.27. The summed E-state index contributed by atoms with van der Waals surface area (Å²) in [5.74, 6) is 2.11. The van der Waals surface area contributed by atoms with E-state index < -0.39 is 0 Å². The molecule has 1 amide bonds. The van der Waals surface area contributed by atoms with E-state index in [0.29, 0.717) is 12.2 Å². The van der Waals surface area contributed by atoms with Crippen LogP contribution in [0.5, 0.6) is 0 Å². The van der Waals surface area contributed by atoms with E-state index in [9.17, 15) is 4.79 Å². The normalized spacial score (nSPS) is 17.2. The van der Waals surface area contributed by atoms with Gasteiger partial charge in [-0.25, -0.2) is 4.98 Å². The van der Waals surface area contributed by atoms with Crippen LogP contribution in [0, 0.1) is 0 Å². The summed E-state index contributed by atoms with van der Waals surface area (Å²) in [4.78, 5) is 23.6. The summed E-state index contributed by atoms with van der Waals surface area (Å²) in [6, 6.07) is 5.76. The second-order valence-corrected chi connectivity index (χ2v) is 7.63. The fraction of sp³-hybridized carbons (Fsp3) is 0.429. The number of amides is 1. The highest BCUT2D eigenvalue weighted by Gasteiger charge is 2.29. The van der Waals surface area contributed by atoms with Crippen molar-refractivity contribution >= 4 is 5.91 Å². The third-order valence-electron chi connectivity index (χ3n) is 5.21. The Balaban J connectivity index is 1.48. The maximum Gasteiger partial charge on any atom is 0.276 e. The summed E-state index contributed by atoms with van der Waals surface area (Å²) in [6.45, 7) is 6.16. The maximum atomic E-state index is 12.9. The molecule has 1 aliphatic rings. The Bertz CT molecular complexity index is 931. The van der Waals surface area contributed by atoms with Gasteiger partial charge in [0.25, 0.3) is 5.91 Å². The standard InChI is InChI=1S/C21H25N5O2/c1-15(2)19-11-18(24-28-19)21(27)26-9-4-6-17(14-26)20-23-8-10-25(20)13-16-5-3-7-22-12-16/h3,5,7-8,10-12,15,17H,4,6,9,13-14H2,1-2H3/t17-/m1/s1. The van der Waals surface area contributed by atoms with Crippen LogP contribution in [0.3, 0.4) is 0 Å². The number of likely N-dealkylation sites (tertiary alicyclic amines) is 1. The van der Waals surface area contributed by atoms with Gasteiger partial charge in [-0.15, -0.1) is 0 Å².